The van der Waals surface area contributed by atoms with Crippen molar-refractivity contribution in [3.05, 3.63) is 34.3 Å². The van der Waals surface area contributed by atoms with Gasteiger partial charge in [-0.1, -0.05) is 17.7 Å². The molecule has 19 heavy (non-hydrogen) atoms. The van der Waals surface area contributed by atoms with Crippen molar-refractivity contribution in [1.29, 1.82) is 0 Å². The number of benzene rings is 1. The lowest BCUT2D eigenvalue weighted by atomic mass is 10.1. The van der Waals surface area contributed by atoms with E-state index in [1.165, 1.54) is 0 Å². The lowest BCUT2D eigenvalue weighted by Crippen LogP contribution is -2.38. The molecule has 0 bridgehead atoms. The summed E-state index contributed by atoms with van der Waals surface area (Å²) in [5, 5.41) is 3.21. The molecule has 1 fully saturated rings. The van der Waals surface area contributed by atoms with Crippen molar-refractivity contribution in [3.63, 3.8) is 0 Å². The van der Waals surface area contributed by atoms with Crippen molar-refractivity contribution in [2.45, 2.75) is 19.8 Å². The summed E-state index contributed by atoms with van der Waals surface area (Å²) in [4.78, 5) is 25.6. The number of likely N-dealkylation sites (tertiary alicyclic amines) is 1. The van der Waals surface area contributed by atoms with E-state index in [1.54, 1.807) is 30.0 Å². The molecule has 1 aromatic carbocycles. The highest BCUT2D eigenvalue weighted by Gasteiger charge is 2.19. The third-order valence-corrected chi connectivity index (χ3v) is 3.78. The zero-order valence-electron chi connectivity index (χ0n) is 10.9. The molecule has 1 saturated heterocycles. The van der Waals surface area contributed by atoms with Gasteiger partial charge >= 0.3 is 0 Å². The smallest absolute Gasteiger partial charge is 0.252 e. The normalized spacial score (nSPS) is 14.5. The summed E-state index contributed by atoms with van der Waals surface area (Å²) in [6.45, 7) is 3.43. The quantitative estimate of drug-likeness (QED) is 0.921. The second-order valence-corrected chi connectivity index (χ2v) is 5.09. The number of rotatable bonds is 3. The third kappa shape index (κ3) is 3.26. The van der Waals surface area contributed by atoms with Crippen LogP contribution in [0.3, 0.4) is 0 Å². The van der Waals surface area contributed by atoms with E-state index in [1.807, 2.05) is 0 Å². The molecule has 0 radical (unpaired) electrons. The summed E-state index contributed by atoms with van der Waals surface area (Å²) < 4.78 is 0. The van der Waals surface area contributed by atoms with E-state index in [0.29, 0.717) is 10.6 Å². The number of nitrogens with one attached hydrogen (secondary N) is 1. The van der Waals surface area contributed by atoms with Crippen LogP contribution in [0.4, 0.5) is 0 Å². The molecule has 1 aliphatic heterocycles. The van der Waals surface area contributed by atoms with Gasteiger partial charge in [-0.2, -0.15) is 0 Å². The van der Waals surface area contributed by atoms with Crippen molar-refractivity contribution in [2.24, 2.45) is 0 Å². The van der Waals surface area contributed by atoms with Crippen molar-refractivity contribution in [3.8, 4) is 0 Å². The van der Waals surface area contributed by atoms with Crippen LogP contribution in [-0.4, -0.2) is 36.3 Å². The minimum Gasteiger partial charge on any atom is -0.343 e. The predicted molar refractivity (Wildman–Crippen MR) is 74.3 cm³/mol. The van der Waals surface area contributed by atoms with Gasteiger partial charge in [-0.25, -0.2) is 0 Å². The van der Waals surface area contributed by atoms with Gasteiger partial charge in [0.25, 0.3) is 5.91 Å². The van der Waals surface area contributed by atoms with Crippen LogP contribution in [0, 0.1) is 6.92 Å². The van der Waals surface area contributed by atoms with Gasteiger partial charge < -0.3 is 10.2 Å². The maximum Gasteiger partial charge on any atom is 0.252 e. The van der Waals surface area contributed by atoms with Gasteiger partial charge in [0.05, 0.1) is 6.54 Å². The molecule has 0 aliphatic carbocycles. The summed E-state index contributed by atoms with van der Waals surface area (Å²) >= 11 is 5.97. The lowest BCUT2D eigenvalue weighted by molar-refractivity contribution is -0.129. The van der Waals surface area contributed by atoms with Gasteiger partial charge in [0.2, 0.25) is 5.91 Å². The molecule has 1 heterocycles. The first-order valence-electron chi connectivity index (χ1n) is 6.40. The Bertz CT molecular complexity index is 496. The van der Waals surface area contributed by atoms with Gasteiger partial charge in [0.15, 0.2) is 0 Å². The Kier molecular flexibility index (Phi) is 4.43. The molecule has 2 rings (SSSR count). The molecule has 2 amide bonds. The summed E-state index contributed by atoms with van der Waals surface area (Å²) in [6.07, 6.45) is 2.10. The summed E-state index contributed by atoms with van der Waals surface area (Å²) in [5.41, 5.74) is 1.25. The van der Waals surface area contributed by atoms with Crippen molar-refractivity contribution >= 4 is 23.4 Å². The van der Waals surface area contributed by atoms with Crippen LogP contribution in [0.2, 0.25) is 5.02 Å². The predicted octanol–water partition coefficient (Wildman–Crippen LogP) is 2.00. The average Bonchev–Trinajstić information content (AvgIpc) is 2.93. The number of hydrogen-bond donors (Lipinski definition) is 1. The van der Waals surface area contributed by atoms with Crippen molar-refractivity contribution < 1.29 is 9.59 Å². The van der Waals surface area contributed by atoms with Crippen LogP contribution in [-0.2, 0) is 4.79 Å². The second kappa shape index (κ2) is 6.06. The molecule has 0 saturated carbocycles. The van der Waals surface area contributed by atoms with E-state index >= 15 is 0 Å². The second-order valence-electron chi connectivity index (χ2n) is 4.68. The van der Waals surface area contributed by atoms with Gasteiger partial charge in [-0.05, 0) is 37.5 Å². The lowest BCUT2D eigenvalue weighted by Gasteiger charge is -2.15. The monoisotopic (exact) mass is 280 g/mol. The van der Waals surface area contributed by atoms with E-state index < -0.39 is 0 Å². The maximum absolute atomic E-state index is 12.0. The molecule has 5 heteroatoms. The van der Waals surface area contributed by atoms with Gasteiger partial charge in [0, 0.05) is 23.7 Å². The Morgan fingerprint density at radius 1 is 1.32 bits per heavy atom. The third-order valence-electron chi connectivity index (χ3n) is 3.37. The number of carbonyl (C=O) groups excluding carboxylic acids is 2. The molecule has 1 aliphatic rings. The standard InChI is InChI=1S/C14H17ClN2O2/c1-10-11(5-4-6-12(10)15)14(19)16-9-13(18)17-7-2-3-8-17/h4-6H,2-3,7-9H2,1H3,(H,16,19). The van der Waals surface area contributed by atoms with Gasteiger partial charge in [-0.15, -0.1) is 0 Å². The van der Waals surface area contributed by atoms with Crippen LogP contribution in [0.15, 0.2) is 18.2 Å². The highest BCUT2D eigenvalue weighted by molar-refractivity contribution is 6.31. The zero-order chi connectivity index (χ0) is 13.8. The molecular formula is C14H17ClN2O2. The first-order chi connectivity index (χ1) is 9.09. The molecule has 0 atom stereocenters. The zero-order valence-corrected chi connectivity index (χ0v) is 11.7. The fourth-order valence-corrected chi connectivity index (χ4v) is 2.36. The molecule has 0 unspecified atom stereocenters. The Morgan fingerprint density at radius 3 is 2.68 bits per heavy atom. The van der Waals surface area contributed by atoms with E-state index in [9.17, 15) is 9.59 Å². The molecule has 102 valence electrons. The van der Waals surface area contributed by atoms with E-state index in [0.717, 1.165) is 31.5 Å². The summed E-state index contributed by atoms with van der Waals surface area (Å²) in [7, 11) is 0. The molecule has 0 spiro atoms. The number of amides is 2. The number of halogens is 1. The molecular weight excluding hydrogens is 264 g/mol. The van der Waals surface area contributed by atoms with Gasteiger partial charge in [-0.3, -0.25) is 9.59 Å². The molecule has 1 N–H and O–H groups in total. The summed E-state index contributed by atoms with van der Waals surface area (Å²) in [6, 6.07) is 5.17. The minimum atomic E-state index is -0.257. The SMILES string of the molecule is Cc1c(Cl)cccc1C(=O)NCC(=O)N1CCCC1. The van der Waals surface area contributed by atoms with E-state index in [2.05, 4.69) is 5.32 Å². The fourth-order valence-electron chi connectivity index (χ4n) is 2.18. The van der Waals surface area contributed by atoms with E-state index in [4.69, 9.17) is 11.6 Å². The molecule has 0 aromatic heterocycles. The van der Waals surface area contributed by atoms with Crippen LogP contribution in [0.5, 0.6) is 0 Å². The van der Waals surface area contributed by atoms with Crippen LogP contribution in [0.1, 0.15) is 28.8 Å². The highest BCUT2D eigenvalue weighted by atomic mass is 35.5. The Balaban J connectivity index is 1.94. The highest BCUT2D eigenvalue weighted by Crippen LogP contribution is 2.18. The average molecular weight is 281 g/mol. The number of hydrogen-bond acceptors (Lipinski definition) is 2. The van der Waals surface area contributed by atoms with Crippen molar-refractivity contribution in [1.82, 2.24) is 10.2 Å². The van der Waals surface area contributed by atoms with Crippen LogP contribution < -0.4 is 5.32 Å². The maximum atomic E-state index is 12.0. The topological polar surface area (TPSA) is 49.4 Å². The molecule has 4 nitrogen and oxygen atoms in total. The molecule has 1 aromatic rings. The Labute approximate surface area is 117 Å². The number of nitrogens with zero attached hydrogens (tertiary/aromatic N) is 1. The largest absolute Gasteiger partial charge is 0.343 e. The summed E-state index contributed by atoms with van der Waals surface area (Å²) in [5.74, 6) is -0.280. The fraction of sp³-hybridized carbons (Fsp3) is 0.429. The van der Waals surface area contributed by atoms with Crippen molar-refractivity contribution in [2.75, 3.05) is 19.6 Å². The van der Waals surface area contributed by atoms with Gasteiger partial charge in [0.1, 0.15) is 0 Å². The van der Waals surface area contributed by atoms with E-state index in [-0.39, 0.29) is 18.4 Å². The first-order valence-corrected chi connectivity index (χ1v) is 6.78. The van der Waals surface area contributed by atoms with Crippen LogP contribution >= 0.6 is 11.6 Å². The van der Waals surface area contributed by atoms with Crippen LogP contribution in [0.25, 0.3) is 0 Å². The number of carbonyl (C=O) groups is 2. The first kappa shape index (κ1) is 13.9. The minimum absolute atomic E-state index is 0.0227. The Hall–Kier alpha value is -1.55. The Morgan fingerprint density at radius 2 is 2.00 bits per heavy atom.